The fourth-order valence-corrected chi connectivity index (χ4v) is 2.30. The first-order chi connectivity index (χ1) is 8.66. The Kier molecular flexibility index (Phi) is 4.60. The Labute approximate surface area is 120 Å². The molecule has 1 aromatic rings. The first kappa shape index (κ1) is 13.4. The summed E-state index contributed by atoms with van der Waals surface area (Å²) in [5.41, 5.74) is 1.56. The molecule has 1 heterocycles. The zero-order chi connectivity index (χ0) is 13.0. The number of hydrogen-bond donors (Lipinski definition) is 3. The third-order valence-corrected chi connectivity index (χ3v) is 3.51. The second-order valence-electron chi connectivity index (χ2n) is 4.16. The molecule has 0 saturated heterocycles. The lowest BCUT2D eigenvalue weighted by atomic mass is 10.1. The molecule has 18 heavy (non-hydrogen) atoms. The van der Waals surface area contributed by atoms with Crippen molar-refractivity contribution in [1.29, 1.82) is 0 Å². The number of carbonyl (C=O) groups excluding carboxylic acids is 1. The number of halogens is 1. The number of nitrogens with one attached hydrogen (secondary N) is 2. The number of carbonyl (C=O) groups is 1. The Morgan fingerprint density at radius 3 is 3.06 bits per heavy atom. The standard InChI is InChI=1S/C13H15IN2O2/c14-10-1-2-12(17)11(7-10)13(18)16-8-9-3-5-15-6-4-9/h1-3,7,15,17H,4-6,8H2,(H,16,18). The van der Waals surface area contributed by atoms with Crippen molar-refractivity contribution in [3.63, 3.8) is 0 Å². The van der Waals surface area contributed by atoms with Crippen molar-refractivity contribution in [2.45, 2.75) is 6.42 Å². The minimum absolute atomic E-state index is 0.0206. The third-order valence-electron chi connectivity index (χ3n) is 2.84. The van der Waals surface area contributed by atoms with Crippen LogP contribution in [0.3, 0.4) is 0 Å². The van der Waals surface area contributed by atoms with Gasteiger partial charge in [0.25, 0.3) is 5.91 Å². The maximum atomic E-state index is 11.9. The van der Waals surface area contributed by atoms with E-state index in [1.54, 1.807) is 18.2 Å². The fourth-order valence-electron chi connectivity index (χ4n) is 1.81. The van der Waals surface area contributed by atoms with Gasteiger partial charge in [-0.25, -0.2) is 0 Å². The summed E-state index contributed by atoms with van der Waals surface area (Å²) in [5.74, 6) is -0.211. The maximum Gasteiger partial charge on any atom is 0.255 e. The molecule has 4 nitrogen and oxygen atoms in total. The topological polar surface area (TPSA) is 61.4 Å². The summed E-state index contributed by atoms with van der Waals surface area (Å²) in [7, 11) is 0. The van der Waals surface area contributed by atoms with Gasteiger partial charge in [0.1, 0.15) is 5.75 Å². The van der Waals surface area contributed by atoms with Crippen LogP contribution in [-0.2, 0) is 0 Å². The number of amides is 1. The lowest BCUT2D eigenvalue weighted by Gasteiger charge is -2.14. The normalized spacial score (nSPS) is 15.1. The van der Waals surface area contributed by atoms with E-state index in [1.807, 2.05) is 0 Å². The molecule has 0 spiro atoms. The predicted molar refractivity (Wildman–Crippen MR) is 78.7 cm³/mol. The van der Waals surface area contributed by atoms with E-state index in [4.69, 9.17) is 0 Å². The summed E-state index contributed by atoms with van der Waals surface area (Å²) in [6, 6.07) is 4.99. The average Bonchev–Trinajstić information content (AvgIpc) is 2.40. The molecule has 2 rings (SSSR count). The Morgan fingerprint density at radius 1 is 1.50 bits per heavy atom. The van der Waals surface area contributed by atoms with Crippen LogP contribution in [-0.4, -0.2) is 30.6 Å². The van der Waals surface area contributed by atoms with Crippen molar-refractivity contribution in [3.05, 3.63) is 39.0 Å². The van der Waals surface area contributed by atoms with E-state index in [-0.39, 0.29) is 11.7 Å². The molecule has 0 aromatic heterocycles. The highest BCUT2D eigenvalue weighted by Crippen LogP contribution is 2.19. The summed E-state index contributed by atoms with van der Waals surface area (Å²) in [5, 5.41) is 15.7. The number of benzene rings is 1. The second-order valence-corrected chi connectivity index (χ2v) is 5.41. The van der Waals surface area contributed by atoms with Crippen LogP contribution in [0.25, 0.3) is 0 Å². The molecule has 0 saturated carbocycles. The zero-order valence-corrected chi connectivity index (χ0v) is 12.0. The van der Waals surface area contributed by atoms with Gasteiger partial charge >= 0.3 is 0 Å². The van der Waals surface area contributed by atoms with E-state index in [0.717, 1.165) is 23.1 Å². The molecule has 0 unspecified atom stereocenters. The number of phenols is 1. The van der Waals surface area contributed by atoms with Crippen LogP contribution in [0.15, 0.2) is 29.8 Å². The van der Waals surface area contributed by atoms with E-state index in [9.17, 15) is 9.90 Å². The van der Waals surface area contributed by atoms with Crippen LogP contribution >= 0.6 is 22.6 Å². The van der Waals surface area contributed by atoms with Crippen molar-refractivity contribution in [2.75, 3.05) is 19.6 Å². The molecule has 1 amide bonds. The van der Waals surface area contributed by atoms with Crippen LogP contribution in [0.5, 0.6) is 5.75 Å². The molecule has 0 bridgehead atoms. The van der Waals surface area contributed by atoms with Crippen LogP contribution in [0.1, 0.15) is 16.8 Å². The number of rotatable bonds is 3. The Bertz CT molecular complexity index is 486. The molecule has 1 aromatic carbocycles. The van der Waals surface area contributed by atoms with Crippen LogP contribution in [0, 0.1) is 3.57 Å². The minimum Gasteiger partial charge on any atom is -0.507 e. The lowest BCUT2D eigenvalue weighted by Crippen LogP contribution is -2.29. The van der Waals surface area contributed by atoms with Gasteiger partial charge in [0.15, 0.2) is 0 Å². The Morgan fingerprint density at radius 2 is 2.33 bits per heavy atom. The predicted octanol–water partition coefficient (Wildman–Crippen LogP) is 1.65. The largest absolute Gasteiger partial charge is 0.507 e. The number of aromatic hydroxyl groups is 1. The molecular weight excluding hydrogens is 343 g/mol. The lowest BCUT2D eigenvalue weighted by molar-refractivity contribution is 0.0954. The van der Waals surface area contributed by atoms with Gasteiger partial charge in [-0.2, -0.15) is 0 Å². The SMILES string of the molecule is O=C(NCC1=CCNCC1)c1cc(I)ccc1O. The number of hydrogen-bond acceptors (Lipinski definition) is 3. The molecule has 0 fully saturated rings. The van der Waals surface area contributed by atoms with Crippen molar-refractivity contribution in [3.8, 4) is 5.75 Å². The van der Waals surface area contributed by atoms with Crippen molar-refractivity contribution < 1.29 is 9.90 Å². The van der Waals surface area contributed by atoms with Crippen molar-refractivity contribution in [2.24, 2.45) is 0 Å². The summed E-state index contributed by atoms with van der Waals surface area (Å²) in [6.07, 6.45) is 3.05. The van der Waals surface area contributed by atoms with E-state index < -0.39 is 0 Å². The van der Waals surface area contributed by atoms with E-state index in [2.05, 4.69) is 39.3 Å². The van der Waals surface area contributed by atoms with Crippen LogP contribution in [0.2, 0.25) is 0 Å². The van der Waals surface area contributed by atoms with Gasteiger partial charge in [0, 0.05) is 16.7 Å². The highest BCUT2D eigenvalue weighted by molar-refractivity contribution is 14.1. The Hall–Kier alpha value is -1.08. The van der Waals surface area contributed by atoms with Gasteiger partial charge in [-0.1, -0.05) is 11.6 Å². The van der Waals surface area contributed by atoms with E-state index >= 15 is 0 Å². The molecule has 1 aliphatic heterocycles. The average molecular weight is 358 g/mol. The molecule has 0 atom stereocenters. The molecule has 3 N–H and O–H groups in total. The summed E-state index contributed by atoms with van der Waals surface area (Å²) in [4.78, 5) is 11.9. The first-order valence-corrected chi connectivity index (χ1v) is 6.90. The maximum absolute atomic E-state index is 11.9. The third kappa shape index (κ3) is 3.46. The summed E-state index contributed by atoms with van der Waals surface area (Å²) < 4.78 is 0.927. The molecule has 5 heteroatoms. The molecule has 96 valence electrons. The van der Waals surface area contributed by atoms with Crippen LogP contribution < -0.4 is 10.6 Å². The van der Waals surface area contributed by atoms with Gasteiger partial charge < -0.3 is 15.7 Å². The molecule has 0 radical (unpaired) electrons. The van der Waals surface area contributed by atoms with E-state index in [0.29, 0.717) is 12.1 Å². The van der Waals surface area contributed by atoms with Crippen molar-refractivity contribution in [1.82, 2.24) is 10.6 Å². The summed E-state index contributed by atoms with van der Waals surface area (Å²) >= 11 is 2.12. The quantitative estimate of drug-likeness (QED) is 0.569. The van der Waals surface area contributed by atoms with Gasteiger partial charge in [-0.15, -0.1) is 0 Å². The minimum atomic E-state index is -0.231. The van der Waals surface area contributed by atoms with Gasteiger partial charge in [-0.05, 0) is 53.8 Å². The first-order valence-electron chi connectivity index (χ1n) is 5.82. The highest BCUT2D eigenvalue weighted by Gasteiger charge is 2.12. The molecule has 1 aliphatic rings. The molecular formula is C13H15IN2O2. The molecule has 0 aliphatic carbocycles. The van der Waals surface area contributed by atoms with Gasteiger partial charge in [-0.3, -0.25) is 4.79 Å². The van der Waals surface area contributed by atoms with E-state index in [1.165, 1.54) is 5.57 Å². The number of phenolic OH excluding ortho intramolecular Hbond substituents is 1. The van der Waals surface area contributed by atoms with Crippen molar-refractivity contribution >= 4 is 28.5 Å². The van der Waals surface area contributed by atoms with Gasteiger partial charge in [0.2, 0.25) is 0 Å². The zero-order valence-electron chi connectivity index (χ0n) is 9.87. The fraction of sp³-hybridized carbons (Fsp3) is 0.308. The highest BCUT2D eigenvalue weighted by atomic mass is 127. The van der Waals surface area contributed by atoms with Gasteiger partial charge in [0.05, 0.1) is 5.56 Å². The van der Waals surface area contributed by atoms with Crippen LogP contribution in [0.4, 0.5) is 0 Å². The Balaban J connectivity index is 1.99. The monoisotopic (exact) mass is 358 g/mol. The smallest absolute Gasteiger partial charge is 0.255 e. The summed E-state index contributed by atoms with van der Waals surface area (Å²) in [6.45, 7) is 2.36. The second kappa shape index (κ2) is 6.19.